The van der Waals surface area contributed by atoms with Crippen molar-refractivity contribution in [3.8, 4) is 0 Å². The van der Waals surface area contributed by atoms with Gasteiger partial charge in [-0.15, -0.1) is 0 Å². The van der Waals surface area contributed by atoms with Crippen molar-refractivity contribution in [2.24, 2.45) is 11.8 Å². The molecule has 2 aliphatic rings. The SMILES string of the molecule is C=C(C)C(=O)OC1(C)CCC2CCCC2C1. The van der Waals surface area contributed by atoms with Crippen LogP contribution in [0.15, 0.2) is 12.2 Å². The maximum Gasteiger partial charge on any atom is 0.333 e. The summed E-state index contributed by atoms with van der Waals surface area (Å²) < 4.78 is 5.61. The molecule has 90 valence electrons. The van der Waals surface area contributed by atoms with E-state index in [1.807, 2.05) is 0 Å². The maximum atomic E-state index is 11.6. The normalized spacial score (nSPS) is 37.9. The molecule has 2 aliphatic carbocycles. The monoisotopic (exact) mass is 222 g/mol. The third kappa shape index (κ3) is 2.31. The lowest BCUT2D eigenvalue weighted by Crippen LogP contribution is -2.39. The van der Waals surface area contributed by atoms with E-state index >= 15 is 0 Å². The fourth-order valence-corrected chi connectivity index (χ4v) is 3.31. The maximum absolute atomic E-state index is 11.6. The van der Waals surface area contributed by atoms with Crippen LogP contribution in [0.1, 0.15) is 52.4 Å². The molecule has 2 saturated carbocycles. The number of hydrogen-bond acceptors (Lipinski definition) is 2. The highest BCUT2D eigenvalue weighted by Gasteiger charge is 2.42. The molecule has 0 radical (unpaired) electrons. The second-order valence-corrected chi connectivity index (χ2v) is 5.81. The molecule has 0 N–H and O–H groups in total. The second kappa shape index (κ2) is 4.23. The second-order valence-electron chi connectivity index (χ2n) is 5.81. The van der Waals surface area contributed by atoms with Crippen molar-refractivity contribution in [1.29, 1.82) is 0 Å². The molecule has 0 aromatic heterocycles. The van der Waals surface area contributed by atoms with Crippen molar-refractivity contribution < 1.29 is 9.53 Å². The first-order valence-electron chi connectivity index (χ1n) is 6.39. The summed E-state index contributed by atoms with van der Waals surface area (Å²) >= 11 is 0. The minimum Gasteiger partial charge on any atom is -0.456 e. The molecule has 0 aliphatic heterocycles. The van der Waals surface area contributed by atoms with Gasteiger partial charge in [-0.25, -0.2) is 4.79 Å². The van der Waals surface area contributed by atoms with E-state index in [4.69, 9.17) is 4.74 Å². The molecule has 2 rings (SSSR count). The Labute approximate surface area is 98.1 Å². The van der Waals surface area contributed by atoms with E-state index in [0.717, 1.165) is 24.7 Å². The van der Waals surface area contributed by atoms with Gasteiger partial charge < -0.3 is 4.74 Å². The largest absolute Gasteiger partial charge is 0.456 e. The summed E-state index contributed by atoms with van der Waals surface area (Å²) in [5.41, 5.74) is 0.274. The highest BCUT2D eigenvalue weighted by atomic mass is 16.6. The summed E-state index contributed by atoms with van der Waals surface area (Å²) in [6.07, 6.45) is 7.37. The summed E-state index contributed by atoms with van der Waals surface area (Å²) in [5.74, 6) is 1.47. The topological polar surface area (TPSA) is 26.3 Å². The first-order valence-corrected chi connectivity index (χ1v) is 6.39. The molecule has 0 aromatic rings. The fraction of sp³-hybridized carbons (Fsp3) is 0.786. The van der Waals surface area contributed by atoms with Crippen LogP contribution in [0.3, 0.4) is 0 Å². The van der Waals surface area contributed by atoms with Crippen molar-refractivity contribution in [2.45, 2.75) is 58.0 Å². The summed E-state index contributed by atoms with van der Waals surface area (Å²) in [4.78, 5) is 11.6. The smallest absolute Gasteiger partial charge is 0.333 e. The van der Waals surface area contributed by atoms with Crippen molar-refractivity contribution in [2.75, 3.05) is 0 Å². The van der Waals surface area contributed by atoms with Crippen LogP contribution in [0.25, 0.3) is 0 Å². The van der Waals surface area contributed by atoms with E-state index in [-0.39, 0.29) is 11.6 Å². The van der Waals surface area contributed by atoms with Gasteiger partial charge in [-0.2, -0.15) is 0 Å². The predicted molar refractivity (Wildman–Crippen MR) is 64.0 cm³/mol. The molecule has 2 fully saturated rings. The zero-order valence-electron chi connectivity index (χ0n) is 10.4. The quantitative estimate of drug-likeness (QED) is 0.528. The molecular formula is C14H22O2. The van der Waals surface area contributed by atoms with Gasteiger partial charge in [0.05, 0.1) is 0 Å². The third-order valence-electron chi connectivity index (χ3n) is 4.24. The molecule has 0 saturated heterocycles. The molecule has 2 nitrogen and oxygen atoms in total. The molecular weight excluding hydrogens is 200 g/mol. The van der Waals surface area contributed by atoms with Gasteiger partial charge in [0.1, 0.15) is 5.60 Å². The fourth-order valence-electron chi connectivity index (χ4n) is 3.31. The lowest BCUT2D eigenvalue weighted by Gasteiger charge is -2.39. The van der Waals surface area contributed by atoms with Crippen LogP contribution in [-0.4, -0.2) is 11.6 Å². The van der Waals surface area contributed by atoms with Gasteiger partial charge in [0.25, 0.3) is 0 Å². The van der Waals surface area contributed by atoms with Gasteiger partial charge in [-0.05, 0) is 44.9 Å². The number of hydrogen-bond donors (Lipinski definition) is 0. The zero-order valence-corrected chi connectivity index (χ0v) is 10.4. The molecule has 2 heteroatoms. The van der Waals surface area contributed by atoms with Crippen molar-refractivity contribution in [3.63, 3.8) is 0 Å². The predicted octanol–water partition coefficient (Wildman–Crippen LogP) is 3.46. The molecule has 3 unspecified atom stereocenters. The van der Waals surface area contributed by atoms with Crippen LogP contribution in [-0.2, 0) is 9.53 Å². The Morgan fingerprint density at radius 3 is 2.69 bits per heavy atom. The Balaban J connectivity index is 1.98. The van der Waals surface area contributed by atoms with Gasteiger partial charge in [0.15, 0.2) is 0 Å². The molecule has 0 amide bonds. The van der Waals surface area contributed by atoms with Crippen LogP contribution in [0.5, 0.6) is 0 Å². The van der Waals surface area contributed by atoms with Gasteiger partial charge in [0, 0.05) is 5.57 Å². The van der Waals surface area contributed by atoms with E-state index < -0.39 is 0 Å². The Hall–Kier alpha value is -0.790. The molecule has 0 aromatic carbocycles. The van der Waals surface area contributed by atoms with Gasteiger partial charge >= 0.3 is 5.97 Å². The minimum atomic E-state index is -0.235. The zero-order chi connectivity index (χ0) is 11.8. The van der Waals surface area contributed by atoms with Crippen LogP contribution >= 0.6 is 0 Å². The Morgan fingerprint density at radius 1 is 1.31 bits per heavy atom. The minimum absolute atomic E-state index is 0.223. The standard InChI is InChI=1S/C14H22O2/c1-10(2)13(15)16-14(3)8-7-11-5-4-6-12(11)9-14/h11-12H,1,4-9H2,2-3H3. The van der Waals surface area contributed by atoms with Crippen LogP contribution in [0.4, 0.5) is 0 Å². The molecule has 0 spiro atoms. The molecule has 16 heavy (non-hydrogen) atoms. The lowest BCUT2D eigenvalue weighted by atomic mass is 9.74. The third-order valence-corrected chi connectivity index (χ3v) is 4.24. The average Bonchev–Trinajstić information content (AvgIpc) is 2.63. The van der Waals surface area contributed by atoms with E-state index in [2.05, 4.69) is 13.5 Å². The summed E-state index contributed by atoms with van der Waals surface area (Å²) in [5, 5.41) is 0. The van der Waals surface area contributed by atoms with E-state index in [1.54, 1.807) is 6.92 Å². The summed E-state index contributed by atoms with van der Waals surface area (Å²) in [6, 6.07) is 0. The lowest BCUT2D eigenvalue weighted by molar-refractivity contribution is -0.158. The number of rotatable bonds is 2. The van der Waals surface area contributed by atoms with Gasteiger partial charge in [-0.1, -0.05) is 25.8 Å². The number of fused-ring (bicyclic) bond motifs is 1. The number of carbonyl (C=O) groups excluding carboxylic acids is 1. The van der Waals surface area contributed by atoms with Crippen molar-refractivity contribution in [1.82, 2.24) is 0 Å². The Bertz CT molecular complexity index is 308. The molecule has 3 atom stereocenters. The van der Waals surface area contributed by atoms with Crippen LogP contribution in [0, 0.1) is 11.8 Å². The van der Waals surface area contributed by atoms with Crippen LogP contribution < -0.4 is 0 Å². The van der Waals surface area contributed by atoms with Crippen molar-refractivity contribution in [3.05, 3.63) is 12.2 Å². The summed E-state index contributed by atoms with van der Waals surface area (Å²) in [6.45, 7) is 7.44. The van der Waals surface area contributed by atoms with Gasteiger partial charge in [0.2, 0.25) is 0 Å². The van der Waals surface area contributed by atoms with E-state index in [9.17, 15) is 4.79 Å². The Kier molecular flexibility index (Phi) is 3.09. The highest BCUT2D eigenvalue weighted by molar-refractivity contribution is 5.87. The van der Waals surface area contributed by atoms with Gasteiger partial charge in [-0.3, -0.25) is 0 Å². The first-order chi connectivity index (χ1) is 7.50. The number of ether oxygens (including phenoxy) is 1. The molecule has 0 bridgehead atoms. The average molecular weight is 222 g/mol. The molecule has 0 heterocycles. The first kappa shape index (κ1) is 11.7. The Morgan fingerprint density at radius 2 is 2.00 bits per heavy atom. The summed E-state index contributed by atoms with van der Waals surface area (Å²) in [7, 11) is 0. The van der Waals surface area contributed by atoms with E-state index in [1.165, 1.54) is 25.7 Å². The number of esters is 1. The highest BCUT2D eigenvalue weighted by Crippen LogP contribution is 2.47. The number of carbonyl (C=O) groups is 1. The van der Waals surface area contributed by atoms with E-state index in [0.29, 0.717) is 5.57 Å². The van der Waals surface area contributed by atoms with Crippen LogP contribution in [0.2, 0.25) is 0 Å². The van der Waals surface area contributed by atoms with Crippen molar-refractivity contribution >= 4 is 5.97 Å².